The molecule has 0 radical (unpaired) electrons. The van der Waals surface area contributed by atoms with Crippen LogP contribution in [0.4, 0.5) is 8.78 Å². The number of aromatic nitrogens is 4. The zero-order valence-corrected chi connectivity index (χ0v) is 13.1. The van der Waals surface area contributed by atoms with Gasteiger partial charge in [-0.25, -0.2) is 8.78 Å². The maximum absolute atomic E-state index is 13.4. The van der Waals surface area contributed by atoms with Gasteiger partial charge >= 0.3 is 0 Å². The Labute approximate surface area is 141 Å². The van der Waals surface area contributed by atoms with Gasteiger partial charge in [0, 0.05) is 36.0 Å². The van der Waals surface area contributed by atoms with Crippen molar-refractivity contribution < 1.29 is 13.3 Å². The lowest BCUT2D eigenvalue weighted by atomic mass is 10.1. The first-order valence-corrected chi connectivity index (χ1v) is 7.49. The van der Waals surface area contributed by atoms with Crippen LogP contribution in [-0.2, 0) is 7.05 Å². The van der Waals surface area contributed by atoms with Gasteiger partial charge in [0.1, 0.15) is 11.6 Å². The molecule has 2 aromatic heterocycles. The molecule has 2 aromatic carbocycles. The number of nitrogens with zero attached hydrogens (tertiary/aromatic N) is 4. The Hall–Kier alpha value is -3.35. The lowest BCUT2D eigenvalue weighted by molar-refractivity contribution is 0.431. The van der Waals surface area contributed by atoms with Gasteiger partial charge in [0.05, 0.1) is 5.69 Å². The molecule has 5 nitrogen and oxygen atoms in total. The minimum Gasteiger partial charge on any atom is -0.334 e. The molecule has 0 saturated carbocycles. The molecular formula is C18H12F2N4O. The normalized spacial score (nSPS) is 11.0. The molecule has 0 amide bonds. The Bertz CT molecular complexity index is 1030. The quantitative estimate of drug-likeness (QED) is 0.565. The van der Waals surface area contributed by atoms with Crippen LogP contribution in [0.3, 0.4) is 0 Å². The molecule has 0 aliphatic heterocycles. The smallest absolute Gasteiger partial charge is 0.258 e. The van der Waals surface area contributed by atoms with Gasteiger partial charge in [0.25, 0.3) is 5.89 Å². The summed E-state index contributed by atoms with van der Waals surface area (Å²) in [6.07, 6.45) is 1.72. The van der Waals surface area contributed by atoms with Crippen molar-refractivity contribution in [2.45, 2.75) is 0 Å². The number of halogens is 2. The van der Waals surface area contributed by atoms with Crippen LogP contribution < -0.4 is 0 Å². The van der Waals surface area contributed by atoms with E-state index in [0.29, 0.717) is 5.82 Å². The highest BCUT2D eigenvalue weighted by atomic mass is 19.1. The van der Waals surface area contributed by atoms with E-state index in [2.05, 4.69) is 15.2 Å². The van der Waals surface area contributed by atoms with E-state index in [-0.39, 0.29) is 11.5 Å². The van der Waals surface area contributed by atoms with Crippen LogP contribution in [0.5, 0.6) is 0 Å². The van der Waals surface area contributed by atoms with E-state index in [0.717, 1.165) is 35.0 Å². The molecule has 0 saturated heterocycles. The SMILES string of the molecule is Cn1nccc1-c1cccc(-c2noc(-c3cc(F)cc(F)c3)n2)c1. The lowest BCUT2D eigenvalue weighted by Crippen LogP contribution is -1.93. The summed E-state index contributed by atoms with van der Waals surface area (Å²) < 4.78 is 33.6. The average Bonchev–Trinajstić information content (AvgIpc) is 3.23. The standard InChI is InChI=1S/C18H12F2N4O/c1-24-16(5-6-21-24)11-3-2-4-12(7-11)17-22-18(25-23-17)13-8-14(19)10-15(20)9-13/h2-10H,1H3. The molecule has 0 aliphatic carbocycles. The number of benzene rings is 2. The van der Waals surface area contributed by atoms with E-state index < -0.39 is 11.6 Å². The Kier molecular flexibility index (Phi) is 3.61. The number of rotatable bonds is 3. The van der Waals surface area contributed by atoms with Crippen LogP contribution in [0.25, 0.3) is 34.1 Å². The van der Waals surface area contributed by atoms with Crippen LogP contribution in [0, 0.1) is 11.6 Å². The summed E-state index contributed by atoms with van der Waals surface area (Å²) in [7, 11) is 1.85. The third-order valence-electron chi connectivity index (χ3n) is 3.77. The molecule has 0 unspecified atom stereocenters. The maximum Gasteiger partial charge on any atom is 0.258 e. The van der Waals surface area contributed by atoms with E-state index in [1.165, 1.54) is 0 Å². The minimum absolute atomic E-state index is 0.0549. The summed E-state index contributed by atoms with van der Waals surface area (Å²) in [5.41, 5.74) is 2.81. The Morgan fingerprint density at radius 1 is 0.920 bits per heavy atom. The van der Waals surface area contributed by atoms with Gasteiger partial charge < -0.3 is 4.52 Å². The zero-order chi connectivity index (χ0) is 17.4. The summed E-state index contributed by atoms with van der Waals surface area (Å²) in [6, 6.07) is 12.5. The van der Waals surface area contributed by atoms with Gasteiger partial charge in [-0.1, -0.05) is 23.4 Å². The molecule has 7 heteroatoms. The van der Waals surface area contributed by atoms with Crippen molar-refractivity contribution in [1.29, 1.82) is 0 Å². The van der Waals surface area contributed by atoms with E-state index in [4.69, 9.17) is 4.52 Å². The van der Waals surface area contributed by atoms with Crippen LogP contribution in [0.1, 0.15) is 0 Å². The average molecular weight is 338 g/mol. The van der Waals surface area contributed by atoms with Crippen LogP contribution in [0.15, 0.2) is 59.3 Å². The largest absolute Gasteiger partial charge is 0.334 e. The molecule has 4 rings (SSSR count). The van der Waals surface area contributed by atoms with Crippen LogP contribution >= 0.6 is 0 Å². The van der Waals surface area contributed by atoms with E-state index >= 15 is 0 Å². The highest BCUT2D eigenvalue weighted by molar-refractivity contribution is 5.68. The zero-order valence-electron chi connectivity index (χ0n) is 13.1. The Morgan fingerprint density at radius 2 is 1.68 bits per heavy atom. The highest BCUT2D eigenvalue weighted by Crippen LogP contribution is 2.27. The van der Waals surface area contributed by atoms with Gasteiger partial charge in [0.2, 0.25) is 5.82 Å². The molecule has 124 valence electrons. The summed E-state index contributed by atoms with van der Waals surface area (Å²) in [4.78, 5) is 4.24. The molecular weight excluding hydrogens is 326 g/mol. The van der Waals surface area contributed by atoms with Gasteiger partial charge in [-0.3, -0.25) is 4.68 Å². The third-order valence-corrected chi connectivity index (χ3v) is 3.77. The maximum atomic E-state index is 13.4. The van der Waals surface area contributed by atoms with Crippen molar-refractivity contribution in [3.63, 3.8) is 0 Å². The first kappa shape index (κ1) is 15.2. The van der Waals surface area contributed by atoms with Gasteiger partial charge in [-0.15, -0.1) is 0 Å². The lowest BCUT2D eigenvalue weighted by Gasteiger charge is -2.03. The number of hydrogen-bond donors (Lipinski definition) is 0. The van der Waals surface area contributed by atoms with Gasteiger partial charge in [0.15, 0.2) is 0 Å². The van der Waals surface area contributed by atoms with Crippen molar-refractivity contribution >= 4 is 0 Å². The third kappa shape index (κ3) is 2.91. The summed E-state index contributed by atoms with van der Waals surface area (Å²) in [6.45, 7) is 0. The topological polar surface area (TPSA) is 56.7 Å². The predicted octanol–water partition coefficient (Wildman–Crippen LogP) is 4.08. The first-order chi connectivity index (χ1) is 12.1. The minimum atomic E-state index is -0.701. The molecule has 0 aliphatic rings. The number of aryl methyl sites for hydroxylation is 1. The fraction of sp³-hybridized carbons (Fsp3) is 0.0556. The predicted molar refractivity (Wildman–Crippen MR) is 87.3 cm³/mol. The Balaban J connectivity index is 1.72. The molecule has 0 atom stereocenters. The van der Waals surface area contributed by atoms with Gasteiger partial charge in [-0.2, -0.15) is 10.1 Å². The second-order valence-electron chi connectivity index (χ2n) is 5.50. The molecule has 2 heterocycles. The van der Waals surface area contributed by atoms with Gasteiger partial charge in [-0.05, 0) is 24.3 Å². The molecule has 4 aromatic rings. The molecule has 0 bridgehead atoms. The van der Waals surface area contributed by atoms with E-state index in [1.54, 1.807) is 10.9 Å². The van der Waals surface area contributed by atoms with E-state index in [9.17, 15) is 8.78 Å². The highest BCUT2D eigenvalue weighted by Gasteiger charge is 2.13. The van der Waals surface area contributed by atoms with Crippen LogP contribution in [-0.4, -0.2) is 19.9 Å². The van der Waals surface area contributed by atoms with Crippen molar-refractivity contribution in [3.05, 3.63) is 66.4 Å². The Morgan fingerprint density at radius 3 is 2.40 bits per heavy atom. The van der Waals surface area contributed by atoms with Crippen molar-refractivity contribution in [1.82, 2.24) is 19.9 Å². The summed E-state index contributed by atoms with van der Waals surface area (Å²) >= 11 is 0. The fourth-order valence-electron chi connectivity index (χ4n) is 2.61. The van der Waals surface area contributed by atoms with Crippen molar-refractivity contribution in [2.75, 3.05) is 0 Å². The molecule has 0 fully saturated rings. The first-order valence-electron chi connectivity index (χ1n) is 7.49. The van der Waals surface area contributed by atoms with Crippen molar-refractivity contribution in [2.24, 2.45) is 7.05 Å². The van der Waals surface area contributed by atoms with Crippen LogP contribution in [0.2, 0.25) is 0 Å². The van der Waals surface area contributed by atoms with E-state index in [1.807, 2.05) is 37.4 Å². The summed E-state index contributed by atoms with van der Waals surface area (Å²) in [5.74, 6) is -1.01. The second-order valence-corrected chi connectivity index (χ2v) is 5.50. The summed E-state index contributed by atoms with van der Waals surface area (Å²) in [5, 5.41) is 8.07. The monoisotopic (exact) mass is 338 g/mol. The number of hydrogen-bond acceptors (Lipinski definition) is 4. The fourth-order valence-corrected chi connectivity index (χ4v) is 2.61. The van der Waals surface area contributed by atoms with Crippen molar-refractivity contribution in [3.8, 4) is 34.1 Å². The molecule has 0 N–H and O–H groups in total. The molecule has 25 heavy (non-hydrogen) atoms. The second kappa shape index (κ2) is 5.94. The molecule has 0 spiro atoms.